The Labute approximate surface area is 104 Å². The zero-order chi connectivity index (χ0) is 12.5. The van der Waals surface area contributed by atoms with E-state index in [9.17, 15) is 0 Å². The first-order chi connectivity index (χ1) is 8.31. The normalized spacial score (nSPS) is 27.1. The highest BCUT2D eigenvalue weighted by atomic mass is 16.5. The van der Waals surface area contributed by atoms with Gasteiger partial charge in [0, 0.05) is 26.8 Å². The van der Waals surface area contributed by atoms with E-state index in [2.05, 4.69) is 11.4 Å². The van der Waals surface area contributed by atoms with Gasteiger partial charge in [0.15, 0.2) is 0 Å². The Morgan fingerprint density at radius 3 is 2.71 bits per heavy atom. The van der Waals surface area contributed by atoms with Crippen LogP contribution in [0.1, 0.15) is 32.1 Å². The van der Waals surface area contributed by atoms with Crippen molar-refractivity contribution in [3.05, 3.63) is 0 Å². The van der Waals surface area contributed by atoms with Crippen molar-refractivity contribution in [1.29, 1.82) is 5.26 Å². The van der Waals surface area contributed by atoms with E-state index >= 15 is 0 Å². The van der Waals surface area contributed by atoms with Crippen LogP contribution in [0.3, 0.4) is 0 Å². The molecule has 1 aliphatic carbocycles. The molecule has 4 heteroatoms. The van der Waals surface area contributed by atoms with Gasteiger partial charge in [0.25, 0.3) is 0 Å². The molecule has 0 aromatic carbocycles. The van der Waals surface area contributed by atoms with Gasteiger partial charge in [0.1, 0.15) is 0 Å². The maximum atomic E-state index is 9.17. The van der Waals surface area contributed by atoms with Crippen LogP contribution in [0.25, 0.3) is 0 Å². The number of nitrogens with zero attached hydrogens (tertiary/aromatic N) is 1. The molecule has 1 saturated carbocycles. The lowest BCUT2D eigenvalue weighted by Gasteiger charge is -2.23. The lowest BCUT2D eigenvalue weighted by Crippen LogP contribution is -2.41. The lowest BCUT2D eigenvalue weighted by atomic mass is 9.96. The zero-order valence-electron chi connectivity index (χ0n) is 10.9. The molecule has 0 aliphatic heterocycles. The molecule has 0 bridgehead atoms. The van der Waals surface area contributed by atoms with Crippen LogP contribution in [0.15, 0.2) is 0 Å². The molecule has 0 aromatic heterocycles. The summed E-state index contributed by atoms with van der Waals surface area (Å²) in [6, 6.07) is 2.75. The Morgan fingerprint density at radius 2 is 2.06 bits per heavy atom. The van der Waals surface area contributed by atoms with E-state index in [1.807, 2.05) is 0 Å². The first-order valence-corrected chi connectivity index (χ1v) is 6.46. The zero-order valence-corrected chi connectivity index (χ0v) is 10.9. The van der Waals surface area contributed by atoms with Crippen LogP contribution in [0.5, 0.6) is 0 Å². The van der Waals surface area contributed by atoms with Crippen molar-refractivity contribution in [3.8, 4) is 6.07 Å². The predicted molar refractivity (Wildman–Crippen MR) is 66.7 cm³/mol. The fraction of sp³-hybridized carbons (Fsp3) is 0.923. The van der Waals surface area contributed by atoms with Crippen LogP contribution in [-0.4, -0.2) is 39.5 Å². The summed E-state index contributed by atoms with van der Waals surface area (Å²) in [7, 11) is 3.37. The van der Waals surface area contributed by atoms with E-state index in [1.54, 1.807) is 14.2 Å². The molecule has 98 valence electrons. The molecular weight excluding hydrogens is 216 g/mol. The first kappa shape index (κ1) is 14.4. The van der Waals surface area contributed by atoms with Gasteiger partial charge in [-0.2, -0.15) is 5.26 Å². The van der Waals surface area contributed by atoms with E-state index in [-0.39, 0.29) is 12.0 Å². The Morgan fingerprint density at radius 1 is 1.29 bits per heavy atom. The molecule has 1 rings (SSSR count). The third-order valence-corrected chi connectivity index (χ3v) is 3.48. The molecule has 0 spiro atoms. The average molecular weight is 240 g/mol. The minimum atomic E-state index is 0.0718. The summed E-state index contributed by atoms with van der Waals surface area (Å²) in [5.41, 5.74) is 0. The molecule has 1 fully saturated rings. The van der Waals surface area contributed by atoms with Gasteiger partial charge in [0.2, 0.25) is 0 Å². The van der Waals surface area contributed by atoms with Crippen LogP contribution in [0.4, 0.5) is 0 Å². The van der Waals surface area contributed by atoms with E-state index in [0.29, 0.717) is 12.6 Å². The summed E-state index contributed by atoms with van der Waals surface area (Å²) in [4.78, 5) is 0. The van der Waals surface area contributed by atoms with Crippen molar-refractivity contribution in [3.63, 3.8) is 0 Å². The second-order valence-electron chi connectivity index (χ2n) is 4.70. The van der Waals surface area contributed by atoms with Crippen molar-refractivity contribution in [2.24, 2.45) is 5.92 Å². The molecule has 0 radical (unpaired) electrons. The van der Waals surface area contributed by atoms with Gasteiger partial charge in [-0.25, -0.2) is 0 Å². The smallest absolute Gasteiger partial charge is 0.0928 e. The van der Waals surface area contributed by atoms with Gasteiger partial charge in [-0.3, -0.25) is 0 Å². The van der Waals surface area contributed by atoms with Crippen molar-refractivity contribution in [2.75, 3.05) is 27.4 Å². The number of rotatable bonds is 6. The minimum absolute atomic E-state index is 0.0718. The topological polar surface area (TPSA) is 54.3 Å². The van der Waals surface area contributed by atoms with Crippen LogP contribution in [-0.2, 0) is 9.47 Å². The predicted octanol–water partition coefficient (Wildman–Crippen LogP) is 1.71. The summed E-state index contributed by atoms with van der Waals surface area (Å²) in [6.45, 7) is 1.35. The molecule has 17 heavy (non-hydrogen) atoms. The third-order valence-electron chi connectivity index (χ3n) is 3.48. The highest BCUT2D eigenvalue weighted by molar-refractivity contribution is 4.93. The average Bonchev–Trinajstić information content (AvgIpc) is 2.59. The SMILES string of the molecule is COCC(CNC1CCCCCC1C#N)OC. The van der Waals surface area contributed by atoms with Crippen molar-refractivity contribution < 1.29 is 9.47 Å². The summed E-state index contributed by atoms with van der Waals surface area (Å²) in [5, 5.41) is 12.6. The number of methoxy groups -OCH3 is 2. The Hall–Kier alpha value is -0.630. The van der Waals surface area contributed by atoms with Crippen molar-refractivity contribution >= 4 is 0 Å². The molecule has 3 atom stereocenters. The summed E-state index contributed by atoms with van der Waals surface area (Å²) in [6.07, 6.45) is 5.85. The second-order valence-corrected chi connectivity index (χ2v) is 4.70. The van der Waals surface area contributed by atoms with Crippen LogP contribution >= 0.6 is 0 Å². The highest BCUT2D eigenvalue weighted by Crippen LogP contribution is 2.22. The summed E-state index contributed by atoms with van der Waals surface area (Å²) < 4.78 is 10.4. The molecule has 0 saturated heterocycles. The molecule has 1 aliphatic rings. The van der Waals surface area contributed by atoms with Crippen LogP contribution in [0, 0.1) is 17.2 Å². The molecule has 0 heterocycles. The van der Waals surface area contributed by atoms with E-state index in [0.717, 1.165) is 19.4 Å². The molecule has 4 nitrogen and oxygen atoms in total. The van der Waals surface area contributed by atoms with E-state index < -0.39 is 0 Å². The Kier molecular flexibility index (Phi) is 7.18. The maximum absolute atomic E-state index is 9.17. The second kappa shape index (κ2) is 8.46. The van der Waals surface area contributed by atoms with Crippen LogP contribution < -0.4 is 5.32 Å². The minimum Gasteiger partial charge on any atom is -0.382 e. The summed E-state index contributed by atoms with van der Waals surface area (Å²) in [5.74, 6) is 0.151. The van der Waals surface area contributed by atoms with E-state index in [4.69, 9.17) is 14.7 Å². The Bertz CT molecular complexity index is 240. The highest BCUT2D eigenvalue weighted by Gasteiger charge is 2.23. The fourth-order valence-electron chi connectivity index (χ4n) is 2.39. The molecular formula is C13H24N2O2. The maximum Gasteiger partial charge on any atom is 0.0928 e. The first-order valence-electron chi connectivity index (χ1n) is 6.46. The monoisotopic (exact) mass is 240 g/mol. The van der Waals surface area contributed by atoms with Gasteiger partial charge in [-0.1, -0.05) is 19.3 Å². The molecule has 0 amide bonds. The Balaban J connectivity index is 2.38. The van der Waals surface area contributed by atoms with Gasteiger partial charge < -0.3 is 14.8 Å². The van der Waals surface area contributed by atoms with E-state index in [1.165, 1.54) is 19.3 Å². The molecule has 1 N–H and O–H groups in total. The van der Waals surface area contributed by atoms with Gasteiger partial charge in [0.05, 0.1) is 24.7 Å². The van der Waals surface area contributed by atoms with Crippen molar-refractivity contribution in [2.45, 2.75) is 44.2 Å². The lowest BCUT2D eigenvalue weighted by molar-refractivity contribution is 0.0265. The number of ether oxygens (including phenoxy) is 2. The third kappa shape index (κ3) is 5.03. The quantitative estimate of drug-likeness (QED) is 0.718. The summed E-state index contributed by atoms with van der Waals surface area (Å²) >= 11 is 0. The molecule has 0 aromatic rings. The fourth-order valence-corrected chi connectivity index (χ4v) is 2.39. The van der Waals surface area contributed by atoms with Crippen LogP contribution in [0.2, 0.25) is 0 Å². The van der Waals surface area contributed by atoms with Gasteiger partial charge in [-0.15, -0.1) is 0 Å². The van der Waals surface area contributed by atoms with Gasteiger partial charge >= 0.3 is 0 Å². The number of hydrogen-bond acceptors (Lipinski definition) is 4. The van der Waals surface area contributed by atoms with Gasteiger partial charge in [-0.05, 0) is 12.8 Å². The number of hydrogen-bond donors (Lipinski definition) is 1. The van der Waals surface area contributed by atoms with Crippen molar-refractivity contribution in [1.82, 2.24) is 5.32 Å². The molecule has 3 unspecified atom stereocenters. The number of nitriles is 1. The number of nitrogens with one attached hydrogen (secondary N) is 1. The largest absolute Gasteiger partial charge is 0.382 e. The standard InChI is InChI=1S/C13H24N2O2/c1-16-10-12(17-2)9-15-13-7-5-3-4-6-11(13)8-14/h11-13,15H,3-7,9-10H2,1-2H3.